The molecule has 28 heavy (non-hydrogen) atoms. The average Bonchev–Trinajstić information content (AvgIpc) is 2.57. The van der Waals surface area contributed by atoms with E-state index in [2.05, 4.69) is 19.5 Å². The van der Waals surface area contributed by atoms with Crippen molar-refractivity contribution in [3.63, 3.8) is 0 Å². The normalized spacial score (nSPS) is 24.5. The molecule has 2 aliphatic heterocycles. The highest BCUT2D eigenvalue weighted by Gasteiger charge is 2.66. The lowest BCUT2D eigenvalue weighted by molar-refractivity contribution is -0.391. The second-order valence-electron chi connectivity index (χ2n) is 6.81. The molecular weight excluding hydrogens is 406 g/mol. The van der Waals surface area contributed by atoms with Crippen LogP contribution in [-0.2, 0) is 0 Å². The fraction of sp³-hybridized carbons (Fsp3) is 0.500. The largest absolute Gasteiger partial charge is 0.507 e. The van der Waals surface area contributed by atoms with Crippen LogP contribution >= 0.6 is 11.6 Å². The van der Waals surface area contributed by atoms with Crippen LogP contribution in [-0.4, -0.2) is 29.8 Å². The minimum Gasteiger partial charge on any atom is -0.421 e. The molecule has 0 aromatic heterocycles. The molecule has 0 radical (unpaired) electrons. The number of ether oxygens (including phenoxy) is 2. The third-order valence-electron chi connectivity index (χ3n) is 4.92. The summed E-state index contributed by atoms with van der Waals surface area (Å²) >= 11 is 6.26. The second kappa shape index (κ2) is 6.03. The lowest BCUT2D eigenvalue weighted by Gasteiger charge is -2.46. The lowest BCUT2D eigenvalue weighted by atomic mass is 9.87. The van der Waals surface area contributed by atoms with Gasteiger partial charge in [-0.2, -0.15) is 22.6 Å². The fourth-order valence-electron chi connectivity index (χ4n) is 3.72. The van der Waals surface area contributed by atoms with Crippen molar-refractivity contribution in [2.75, 3.05) is 4.90 Å². The first kappa shape index (κ1) is 18.9. The quantitative estimate of drug-likeness (QED) is 0.677. The predicted octanol–water partition coefficient (Wildman–Crippen LogP) is 3.41. The van der Waals surface area contributed by atoms with Crippen molar-refractivity contribution >= 4 is 29.2 Å². The summed E-state index contributed by atoms with van der Waals surface area (Å²) in [6.45, 7) is 0. The van der Waals surface area contributed by atoms with E-state index in [0.717, 1.165) is 31.4 Å². The van der Waals surface area contributed by atoms with Gasteiger partial charge in [-0.3, -0.25) is 4.90 Å². The molecule has 12 heteroatoms. The molecule has 1 aliphatic carbocycles. The second-order valence-corrected chi connectivity index (χ2v) is 7.21. The van der Waals surface area contributed by atoms with Gasteiger partial charge in [-0.15, -0.1) is 0 Å². The highest BCUT2D eigenvalue weighted by Crippen LogP contribution is 2.51. The first-order chi connectivity index (χ1) is 13.0. The van der Waals surface area contributed by atoms with Gasteiger partial charge in [0.1, 0.15) is 5.66 Å². The maximum absolute atomic E-state index is 13.6. The summed E-state index contributed by atoms with van der Waals surface area (Å²) in [4.78, 5) is 9.87. The molecule has 1 aromatic carbocycles. The number of anilines is 1. The summed E-state index contributed by atoms with van der Waals surface area (Å²) in [7, 11) is 0. The van der Waals surface area contributed by atoms with Crippen LogP contribution in [0.1, 0.15) is 32.1 Å². The average molecular weight is 422 g/mol. The van der Waals surface area contributed by atoms with Crippen LogP contribution in [0.25, 0.3) is 0 Å². The van der Waals surface area contributed by atoms with Crippen molar-refractivity contribution in [1.82, 2.24) is 0 Å². The van der Waals surface area contributed by atoms with E-state index in [1.165, 1.54) is 4.90 Å². The molecule has 2 heterocycles. The Labute approximate surface area is 161 Å². The summed E-state index contributed by atoms with van der Waals surface area (Å²) in [5, 5.41) is -0.0675. The number of guanidine groups is 2. The fourth-order valence-corrected chi connectivity index (χ4v) is 3.96. The molecule has 1 aromatic rings. The van der Waals surface area contributed by atoms with E-state index in [1.54, 1.807) is 0 Å². The Bertz CT molecular complexity index is 886. The van der Waals surface area contributed by atoms with Crippen LogP contribution in [0.2, 0.25) is 5.02 Å². The summed E-state index contributed by atoms with van der Waals surface area (Å²) in [6, 6.07) is 2.04. The van der Waals surface area contributed by atoms with Gasteiger partial charge in [-0.1, -0.05) is 18.0 Å². The molecule has 1 fully saturated rings. The zero-order valence-electron chi connectivity index (χ0n) is 14.4. The Balaban J connectivity index is 1.82. The minimum absolute atomic E-state index is 0.00417. The highest BCUT2D eigenvalue weighted by molar-refractivity contribution is 6.34. The summed E-state index contributed by atoms with van der Waals surface area (Å²) in [5.41, 5.74) is 11.1. The molecule has 0 saturated heterocycles. The Morgan fingerprint density at radius 1 is 0.964 bits per heavy atom. The van der Waals surface area contributed by atoms with Gasteiger partial charge in [-0.05, 0) is 25.7 Å². The number of halogens is 5. The molecule has 152 valence electrons. The number of alkyl halides is 4. The number of fused-ring (bicyclic) bond motifs is 1. The topological polar surface area (TPSA) is 98.5 Å². The molecule has 0 unspecified atom stereocenters. The number of rotatable bonds is 1. The van der Waals surface area contributed by atoms with Crippen molar-refractivity contribution in [1.29, 1.82) is 0 Å². The highest BCUT2D eigenvalue weighted by atomic mass is 35.5. The van der Waals surface area contributed by atoms with Gasteiger partial charge < -0.3 is 20.9 Å². The monoisotopic (exact) mass is 421 g/mol. The Kier molecular flexibility index (Phi) is 4.07. The van der Waals surface area contributed by atoms with Gasteiger partial charge >= 0.3 is 12.2 Å². The Morgan fingerprint density at radius 2 is 1.54 bits per heavy atom. The van der Waals surface area contributed by atoms with Crippen LogP contribution in [0.5, 0.6) is 11.5 Å². The molecule has 4 N–H and O–H groups in total. The molecule has 4 rings (SSSR count). The zero-order chi connectivity index (χ0) is 20.3. The van der Waals surface area contributed by atoms with E-state index >= 15 is 0 Å². The van der Waals surface area contributed by atoms with Gasteiger partial charge in [0.05, 0.1) is 10.7 Å². The molecule has 7 nitrogen and oxygen atoms in total. The van der Waals surface area contributed by atoms with E-state index in [1.807, 2.05) is 0 Å². The van der Waals surface area contributed by atoms with E-state index in [-0.39, 0.29) is 22.6 Å². The van der Waals surface area contributed by atoms with Crippen LogP contribution < -0.4 is 25.8 Å². The minimum atomic E-state index is -4.85. The van der Waals surface area contributed by atoms with E-state index in [0.29, 0.717) is 12.8 Å². The maximum Gasteiger partial charge on any atom is 0.507 e. The van der Waals surface area contributed by atoms with Crippen molar-refractivity contribution in [3.05, 3.63) is 17.2 Å². The van der Waals surface area contributed by atoms with Crippen molar-refractivity contribution in [2.45, 2.75) is 50.0 Å². The first-order valence-electron chi connectivity index (χ1n) is 8.52. The number of nitrogens with zero attached hydrogens (tertiary/aromatic N) is 3. The predicted molar refractivity (Wildman–Crippen MR) is 94.1 cm³/mol. The summed E-state index contributed by atoms with van der Waals surface area (Å²) in [5.74, 6) is -1.25. The van der Waals surface area contributed by atoms with Gasteiger partial charge in [-0.25, -0.2) is 4.99 Å². The van der Waals surface area contributed by atoms with E-state index in [4.69, 9.17) is 23.1 Å². The molecule has 0 amide bonds. The molecule has 1 saturated carbocycles. The van der Waals surface area contributed by atoms with Crippen molar-refractivity contribution in [3.8, 4) is 11.5 Å². The maximum atomic E-state index is 13.6. The molecule has 0 bridgehead atoms. The van der Waals surface area contributed by atoms with Gasteiger partial charge in [0.25, 0.3) is 0 Å². The van der Waals surface area contributed by atoms with Crippen LogP contribution in [0, 0.1) is 0 Å². The third-order valence-corrected chi connectivity index (χ3v) is 5.22. The molecule has 0 atom stereocenters. The van der Waals surface area contributed by atoms with Crippen LogP contribution in [0.3, 0.4) is 0 Å². The van der Waals surface area contributed by atoms with Crippen molar-refractivity contribution < 1.29 is 27.0 Å². The Hall–Kier alpha value is -2.43. The molecule has 1 spiro atoms. The van der Waals surface area contributed by atoms with Crippen LogP contribution in [0.4, 0.5) is 23.2 Å². The van der Waals surface area contributed by atoms with E-state index in [9.17, 15) is 17.6 Å². The zero-order valence-corrected chi connectivity index (χ0v) is 15.1. The molecular formula is C16H16ClF4N5O2. The first-order valence-corrected chi connectivity index (χ1v) is 8.89. The van der Waals surface area contributed by atoms with Gasteiger partial charge in [0.2, 0.25) is 11.9 Å². The summed E-state index contributed by atoms with van der Waals surface area (Å²) < 4.78 is 62.3. The molecule has 3 aliphatic rings. The SMILES string of the molecule is NC1=NC2(CCCCC2)N(c2cc3c(cc2Cl)OC(F)(F)C(F)(F)O3)C(N)=N1. The number of benzene rings is 1. The number of hydrogen-bond donors (Lipinski definition) is 2. The van der Waals surface area contributed by atoms with E-state index < -0.39 is 29.4 Å². The third kappa shape index (κ3) is 2.79. The smallest absolute Gasteiger partial charge is 0.421 e. The standard InChI is InChI=1S/C16H16ClF4N5O2/c17-8-6-10-11(28-16(20,21)15(18,19)27-10)7-9(8)26-13(23)24-12(22)25-14(26)4-2-1-3-5-14/h6-7H,1-5H2,(H4,22,23,24,25). The van der Waals surface area contributed by atoms with Gasteiger partial charge in [0, 0.05) is 12.1 Å². The summed E-state index contributed by atoms with van der Waals surface area (Å²) in [6.07, 6.45) is -5.90. The number of hydrogen-bond acceptors (Lipinski definition) is 7. The van der Waals surface area contributed by atoms with Crippen LogP contribution in [0.15, 0.2) is 22.1 Å². The lowest BCUT2D eigenvalue weighted by Crippen LogP contribution is -2.58. The number of aliphatic imine (C=N–C) groups is 2. The van der Waals surface area contributed by atoms with Crippen molar-refractivity contribution in [2.24, 2.45) is 21.5 Å². The van der Waals surface area contributed by atoms with Gasteiger partial charge in [0.15, 0.2) is 11.5 Å². The Morgan fingerprint density at radius 3 is 2.14 bits per heavy atom. The number of nitrogens with two attached hydrogens (primary N) is 2.